The van der Waals surface area contributed by atoms with Gasteiger partial charge in [-0.25, -0.2) is 4.79 Å². The van der Waals surface area contributed by atoms with Crippen LogP contribution in [0.3, 0.4) is 0 Å². The lowest BCUT2D eigenvalue weighted by molar-refractivity contribution is -0.350. The summed E-state index contributed by atoms with van der Waals surface area (Å²) in [5, 5.41) is 61.2. The second-order valence-electron chi connectivity index (χ2n) is 8.93. The first-order chi connectivity index (χ1) is 13.8. The summed E-state index contributed by atoms with van der Waals surface area (Å²) in [6, 6.07) is 0. The van der Waals surface area contributed by atoms with Gasteiger partial charge in [-0.05, 0) is 51.7 Å². The third kappa shape index (κ3) is 4.47. The molecule has 1 aliphatic carbocycles. The van der Waals surface area contributed by atoms with Crippen molar-refractivity contribution in [1.29, 1.82) is 0 Å². The molecule has 1 saturated carbocycles. The van der Waals surface area contributed by atoms with E-state index in [9.17, 15) is 30.3 Å². The summed E-state index contributed by atoms with van der Waals surface area (Å²) in [6.07, 6.45) is -1.14. The van der Waals surface area contributed by atoms with Gasteiger partial charge in [-0.1, -0.05) is 13.0 Å². The number of aliphatic hydroxyl groups is 5. The van der Waals surface area contributed by atoms with Crippen molar-refractivity contribution in [3.05, 3.63) is 23.8 Å². The number of rotatable bonds is 6. The van der Waals surface area contributed by atoms with Crippen LogP contribution in [0.4, 0.5) is 0 Å². The number of hydrogen-bond donors (Lipinski definition) is 6. The summed E-state index contributed by atoms with van der Waals surface area (Å²) in [6.45, 7) is 6.06. The molecule has 2 fully saturated rings. The molecule has 0 unspecified atom stereocenters. The maximum absolute atomic E-state index is 11.8. The third-order valence-corrected chi connectivity index (χ3v) is 6.58. The molecule has 0 spiro atoms. The zero-order valence-electron chi connectivity index (χ0n) is 17.9. The monoisotopic (exact) mass is 430 g/mol. The molecule has 1 heterocycles. The van der Waals surface area contributed by atoms with Crippen molar-refractivity contribution in [2.24, 2.45) is 5.41 Å². The Morgan fingerprint density at radius 3 is 2.37 bits per heavy atom. The molecule has 30 heavy (non-hydrogen) atoms. The highest BCUT2D eigenvalue weighted by Gasteiger charge is 2.61. The summed E-state index contributed by atoms with van der Waals surface area (Å²) in [5.74, 6) is -1.13. The molecule has 9 heteroatoms. The lowest BCUT2D eigenvalue weighted by Crippen LogP contribution is -2.68. The van der Waals surface area contributed by atoms with E-state index < -0.39 is 53.3 Å². The molecular formula is C21H34O9. The molecule has 0 bridgehead atoms. The normalized spacial score (nSPS) is 45.6. The van der Waals surface area contributed by atoms with Crippen molar-refractivity contribution >= 4 is 5.97 Å². The van der Waals surface area contributed by atoms with Crippen LogP contribution in [-0.4, -0.2) is 85.1 Å². The highest BCUT2D eigenvalue weighted by Crippen LogP contribution is 2.52. The van der Waals surface area contributed by atoms with Gasteiger partial charge in [0.05, 0.1) is 12.7 Å². The fraction of sp³-hybridized carbons (Fsp3) is 0.762. The van der Waals surface area contributed by atoms with E-state index in [0.717, 1.165) is 6.08 Å². The number of aliphatic hydroxyl groups excluding tert-OH is 4. The SMILES string of the molecule is CC(=C/C(=O)O)/C=C/[C@@]1(O)[C@](C)(CO)CCC[C@@]1(C)O[C@@H]1O[C@H](C)[C@@H](O)[C@H](O)[C@H]1O. The Hall–Kier alpha value is -1.33. The summed E-state index contributed by atoms with van der Waals surface area (Å²) in [5.41, 5.74) is -3.75. The van der Waals surface area contributed by atoms with Crippen molar-refractivity contribution in [3.8, 4) is 0 Å². The highest BCUT2D eigenvalue weighted by molar-refractivity contribution is 5.81. The Kier molecular flexibility index (Phi) is 7.51. The van der Waals surface area contributed by atoms with E-state index in [4.69, 9.17) is 14.6 Å². The number of allylic oxidation sites excluding steroid dienone is 2. The first-order valence-electron chi connectivity index (χ1n) is 10.1. The number of aliphatic carboxylic acids is 1. The van der Waals surface area contributed by atoms with Gasteiger partial charge in [0.15, 0.2) is 6.29 Å². The Balaban J connectivity index is 2.43. The molecular weight excluding hydrogens is 396 g/mol. The summed E-state index contributed by atoms with van der Waals surface area (Å²) < 4.78 is 11.6. The predicted molar refractivity (Wildman–Crippen MR) is 106 cm³/mol. The van der Waals surface area contributed by atoms with Gasteiger partial charge in [0.2, 0.25) is 0 Å². The molecule has 0 amide bonds. The van der Waals surface area contributed by atoms with E-state index in [1.807, 2.05) is 0 Å². The summed E-state index contributed by atoms with van der Waals surface area (Å²) >= 11 is 0. The first-order valence-corrected chi connectivity index (χ1v) is 10.1. The quantitative estimate of drug-likeness (QED) is 0.254. The lowest BCUT2D eigenvalue weighted by atomic mass is 9.57. The van der Waals surface area contributed by atoms with Gasteiger partial charge in [-0.2, -0.15) is 0 Å². The fourth-order valence-electron chi connectivity index (χ4n) is 4.42. The zero-order valence-corrected chi connectivity index (χ0v) is 17.9. The standard InChI is InChI=1S/C21H34O9/c1-12(10-14(23)24)6-9-21(28)19(3,11-22)7-5-8-20(21,4)30-18-17(27)16(26)15(25)13(2)29-18/h6,9-10,13,15-18,22,25-28H,5,7-8,11H2,1-4H3,(H,23,24)/b9-6+,12-10-/t13-,15-,16+,17-,18+,19+,20-,21-/m1/s1. The molecule has 6 N–H and O–H groups in total. The molecule has 9 nitrogen and oxygen atoms in total. The van der Waals surface area contributed by atoms with Crippen LogP contribution in [0.2, 0.25) is 0 Å². The number of hydrogen-bond acceptors (Lipinski definition) is 8. The molecule has 1 aliphatic heterocycles. The molecule has 8 atom stereocenters. The van der Waals surface area contributed by atoms with Crippen LogP contribution in [0.1, 0.15) is 47.0 Å². The molecule has 0 aromatic carbocycles. The van der Waals surface area contributed by atoms with Crippen molar-refractivity contribution in [1.82, 2.24) is 0 Å². The van der Waals surface area contributed by atoms with E-state index in [-0.39, 0.29) is 6.61 Å². The Bertz CT molecular complexity index is 692. The average molecular weight is 430 g/mol. The van der Waals surface area contributed by atoms with Gasteiger partial charge in [0, 0.05) is 11.5 Å². The Morgan fingerprint density at radius 1 is 1.17 bits per heavy atom. The van der Waals surface area contributed by atoms with Crippen LogP contribution in [-0.2, 0) is 14.3 Å². The minimum Gasteiger partial charge on any atom is -0.478 e. The second kappa shape index (κ2) is 9.04. The Morgan fingerprint density at radius 2 is 1.80 bits per heavy atom. The predicted octanol–water partition coefficient (Wildman–Crippen LogP) is 0.0899. The van der Waals surface area contributed by atoms with E-state index in [2.05, 4.69) is 0 Å². The van der Waals surface area contributed by atoms with E-state index >= 15 is 0 Å². The van der Waals surface area contributed by atoms with Crippen molar-refractivity contribution in [2.75, 3.05) is 6.61 Å². The smallest absolute Gasteiger partial charge is 0.328 e. The van der Waals surface area contributed by atoms with Gasteiger partial charge in [-0.15, -0.1) is 0 Å². The van der Waals surface area contributed by atoms with Gasteiger partial charge in [0.25, 0.3) is 0 Å². The van der Waals surface area contributed by atoms with Crippen molar-refractivity contribution in [3.63, 3.8) is 0 Å². The molecule has 0 radical (unpaired) electrons. The van der Waals surface area contributed by atoms with Gasteiger partial charge >= 0.3 is 5.97 Å². The van der Waals surface area contributed by atoms with E-state index in [1.54, 1.807) is 20.8 Å². The maximum atomic E-state index is 11.8. The van der Waals surface area contributed by atoms with Crippen molar-refractivity contribution < 1.29 is 44.9 Å². The molecule has 172 valence electrons. The van der Waals surface area contributed by atoms with E-state index in [1.165, 1.54) is 19.1 Å². The number of carboxylic acids is 1. The van der Waals surface area contributed by atoms with Crippen LogP contribution in [0, 0.1) is 5.41 Å². The maximum Gasteiger partial charge on any atom is 0.328 e. The first kappa shape index (κ1) is 24.9. The topological polar surface area (TPSA) is 157 Å². The fourth-order valence-corrected chi connectivity index (χ4v) is 4.42. The summed E-state index contributed by atoms with van der Waals surface area (Å²) in [7, 11) is 0. The van der Waals surface area contributed by atoms with E-state index in [0.29, 0.717) is 24.8 Å². The van der Waals surface area contributed by atoms with Gasteiger partial charge in [-0.3, -0.25) is 0 Å². The number of carbonyl (C=O) groups is 1. The molecule has 1 saturated heterocycles. The van der Waals surface area contributed by atoms with Crippen molar-refractivity contribution in [2.45, 2.75) is 88.9 Å². The highest BCUT2D eigenvalue weighted by atomic mass is 16.7. The number of ether oxygens (including phenoxy) is 2. The minimum atomic E-state index is -1.76. The third-order valence-electron chi connectivity index (χ3n) is 6.58. The van der Waals surface area contributed by atoms with Crippen LogP contribution >= 0.6 is 0 Å². The molecule has 2 rings (SSSR count). The van der Waals surface area contributed by atoms with Crippen LogP contribution in [0.25, 0.3) is 0 Å². The zero-order chi connectivity index (χ0) is 22.9. The van der Waals surface area contributed by atoms with Crippen LogP contribution in [0.5, 0.6) is 0 Å². The minimum absolute atomic E-state index is 0.352. The van der Waals surface area contributed by atoms with Crippen LogP contribution < -0.4 is 0 Å². The molecule has 0 aromatic rings. The largest absolute Gasteiger partial charge is 0.478 e. The number of carboxylic acid groups (broad SMARTS) is 1. The van der Waals surface area contributed by atoms with Gasteiger partial charge in [0.1, 0.15) is 29.5 Å². The molecule has 2 aliphatic rings. The average Bonchev–Trinajstić information content (AvgIpc) is 2.66. The second-order valence-corrected chi connectivity index (χ2v) is 8.93. The van der Waals surface area contributed by atoms with Crippen LogP contribution in [0.15, 0.2) is 23.8 Å². The summed E-state index contributed by atoms with van der Waals surface area (Å²) in [4.78, 5) is 10.9. The van der Waals surface area contributed by atoms with Gasteiger partial charge < -0.3 is 40.1 Å². The Labute approximate surface area is 176 Å². The molecule has 0 aromatic heterocycles. The lowest BCUT2D eigenvalue weighted by Gasteiger charge is -2.57.